The molecule has 2 aromatic heterocycles. The monoisotopic (exact) mass is 446 g/mol. The molecule has 0 amide bonds. The van der Waals surface area contributed by atoms with Crippen molar-refractivity contribution in [1.82, 2.24) is 9.88 Å². The van der Waals surface area contributed by atoms with Gasteiger partial charge in [0, 0.05) is 41.5 Å². The molecule has 6 nitrogen and oxygen atoms in total. The number of ether oxygens (including phenoxy) is 1. The SMILES string of the molecule is O=c1ccc2ccc(OCCCCN3CC=NN(c4cccc5sccc45)CC3)cc2[nH]1. The van der Waals surface area contributed by atoms with Gasteiger partial charge in [-0.15, -0.1) is 11.3 Å². The Morgan fingerprint density at radius 1 is 1.06 bits per heavy atom. The summed E-state index contributed by atoms with van der Waals surface area (Å²) in [5.41, 5.74) is 1.90. The first-order chi connectivity index (χ1) is 15.8. The molecule has 0 saturated carbocycles. The van der Waals surface area contributed by atoms with E-state index in [1.165, 1.54) is 21.8 Å². The number of hydrogen-bond acceptors (Lipinski definition) is 6. The summed E-state index contributed by atoms with van der Waals surface area (Å²) in [6, 6.07) is 17.8. The van der Waals surface area contributed by atoms with Crippen molar-refractivity contribution < 1.29 is 4.74 Å². The van der Waals surface area contributed by atoms with Gasteiger partial charge in [0.05, 0.1) is 24.4 Å². The molecular formula is C25H26N4O2S. The quantitative estimate of drug-likeness (QED) is 0.418. The van der Waals surface area contributed by atoms with Crippen molar-refractivity contribution >= 4 is 44.2 Å². The van der Waals surface area contributed by atoms with E-state index in [0.29, 0.717) is 6.61 Å². The molecule has 0 fully saturated rings. The third-order valence-electron chi connectivity index (χ3n) is 5.77. The zero-order valence-corrected chi connectivity index (χ0v) is 18.7. The van der Waals surface area contributed by atoms with Crippen LogP contribution in [0.3, 0.4) is 0 Å². The minimum atomic E-state index is -0.0961. The Hall–Kier alpha value is -3.16. The normalized spacial score (nSPS) is 14.8. The number of fused-ring (bicyclic) bond motifs is 2. The number of pyridine rings is 1. The number of benzene rings is 2. The Morgan fingerprint density at radius 2 is 2.00 bits per heavy atom. The predicted octanol–water partition coefficient (Wildman–Crippen LogP) is 4.71. The van der Waals surface area contributed by atoms with Crippen molar-refractivity contribution in [2.24, 2.45) is 5.10 Å². The van der Waals surface area contributed by atoms with Crippen LogP contribution in [0.15, 0.2) is 69.9 Å². The maximum absolute atomic E-state index is 11.5. The Kier molecular flexibility index (Phi) is 6.18. The first-order valence-corrected chi connectivity index (χ1v) is 11.9. The van der Waals surface area contributed by atoms with E-state index in [2.05, 4.69) is 44.5 Å². The summed E-state index contributed by atoms with van der Waals surface area (Å²) in [5.74, 6) is 0.791. The molecule has 1 aliphatic rings. The van der Waals surface area contributed by atoms with E-state index in [-0.39, 0.29) is 5.56 Å². The molecule has 0 atom stereocenters. The van der Waals surface area contributed by atoms with E-state index < -0.39 is 0 Å². The summed E-state index contributed by atoms with van der Waals surface area (Å²) in [6.45, 7) is 4.43. The first kappa shape index (κ1) is 20.7. The lowest BCUT2D eigenvalue weighted by molar-refractivity contribution is 0.275. The van der Waals surface area contributed by atoms with Gasteiger partial charge in [-0.2, -0.15) is 5.10 Å². The molecule has 0 unspecified atom stereocenters. The average molecular weight is 447 g/mol. The van der Waals surface area contributed by atoms with E-state index in [1.54, 1.807) is 11.3 Å². The van der Waals surface area contributed by atoms with Crippen LogP contribution in [0.25, 0.3) is 21.0 Å². The second-order valence-electron chi connectivity index (χ2n) is 7.96. The van der Waals surface area contributed by atoms with Gasteiger partial charge in [-0.05, 0) is 66.6 Å². The number of nitrogens with one attached hydrogen (secondary N) is 1. The fourth-order valence-corrected chi connectivity index (χ4v) is 4.88. The highest BCUT2D eigenvalue weighted by Crippen LogP contribution is 2.31. The highest BCUT2D eigenvalue weighted by atomic mass is 32.1. The van der Waals surface area contributed by atoms with Gasteiger partial charge in [0.25, 0.3) is 0 Å². The summed E-state index contributed by atoms with van der Waals surface area (Å²) in [5, 5.41) is 11.3. The van der Waals surface area contributed by atoms with Crippen LogP contribution >= 0.6 is 11.3 Å². The number of hydrogen-bond donors (Lipinski definition) is 1. The topological polar surface area (TPSA) is 60.9 Å². The summed E-state index contributed by atoms with van der Waals surface area (Å²) >= 11 is 1.77. The molecule has 3 heterocycles. The fourth-order valence-electron chi connectivity index (χ4n) is 4.07. The number of H-pyrrole nitrogens is 1. The standard InChI is InChI=1S/C25H26N4O2S/c30-25-9-7-19-6-8-20(18-22(19)27-25)31-16-2-1-12-28-13-11-26-29(15-14-28)23-4-3-5-24-21(23)10-17-32-24/h3-11,17-18H,1-2,12-16H2,(H,27,30). The molecule has 4 aromatic rings. The summed E-state index contributed by atoms with van der Waals surface area (Å²) < 4.78 is 7.20. The molecule has 0 bridgehead atoms. The number of unbranched alkanes of at least 4 members (excludes halogenated alkanes) is 1. The minimum Gasteiger partial charge on any atom is -0.494 e. The van der Waals surface area contributed by atoms with E-state index in [4.69, 9.17) is 9.84 Å². The van der Waals surface area contributed by atoms with Gasteiger partial charge in [-0.3, -0.25) is 14.7 Å². The Bertz CT molecular complexity index is 1300. The molecular weight excluding hydrogens is 420 g/mol. The van der Waals surface area contributed by atoms with E-state index in [9.17, 15) is 4.79 Å². The van der Waals surface area contributed by atoms with Crippen LogP contribution in [0.4, 0.5) is 5.69 Å². The van der Waals surface area contributed by atoms with Crippen molar-refractivity contribution in [3.63, 3.8) is 0 Å². The number of aromatic amines is 1. The molecule has 1 N–H and O–H groups in total. The smallest absolute Gasteiger partial charge is 0.248 e. The van der Waals surface area contributed by atoms with Crippen LogP contribution in [0, 0.1) is 0 Å². The number of nitrogens with zero attached hydrogens (tertiary/aromatic N) is 3. The van der Waals surface area contributed by atoms with Crippen molar-refractivity contribution in [1.29, 1.82) is 0 Å². The molecule has 0 radical (unpaired) electrons. The summed E-state index contributed by atoms with van der Waals surface area (Å²) in [7, 11) is 0. The van der Waals surface area contributed by atoms with Crippen molar-refractivity contribution in [2.45, 2.75) is 12.8 Å². The molecule has 0 aliphatic carbocycles. The van der Waals surface area contributed by atoms with Gasteiger partial charge in [-0.25, -0.2) is 0 Å². The third kappa shape index (κ3) is 4.69. The average Bonchev–Trinajstić information content (AvgIpc) is 3.17. The van der Waals surface area contributed by atoms with Gasteiger partial charge >= 0.3 is 0 Å². The Morgan fingerprint density at radius 3 is 2.97 bits per heavy atom. The zero-order chi connectivity index (χ0) is 21.8. The van der Waals surface area contributed by atoms with E-state index in [0.717, 1.165) is 55.7 Å². The van der Waals surface area contributed by atoms with Gasteiger partial charge in [0.15, 0.2) is 0 Å². The van der Waals surface area contributed by atoms with E-state index >= 15 is 0 Å². The summed E-state index contributed by atoms with van der Waals surface area (Å²) in [4.78, 5) is 16.8. The van der Waals surface area contributed by atoms with Crippen LogP contribution in [0.5, 0.6) is 5.75 Å². The lowest BCUT2D eigenvalue weighted by Gasteiger charge is -2.22. The predicted molar refractivity (Wildman–Crippen MR) is 133 cm³/mol. The first-order valence-electron chi connectivity index (χ1n) is 11.0. The van der Waals surface area contributed by atoms with Gasteiger partial charge < -0.3 is 9.72 Å². The van der Waals surface area contributed by atoms with Crippen LogP contribution in [0.2, 0.25) is 0 Å². The minimum absolute atomic E-state index is 0.0961. The largest absolute Gasteiger partial charge is 0.494 e. The number of anilines is 1. The number of rotatable bonds is 7. The second kappa shape index (κ2) is 9.54. The molecule has 0 saturated heterocycles. The van der Waals surface area contributed by atoms with E-state index in [1.807, 2.05) is 30.5 Å². The molecule has 5 rings (SSSR count). The van der Waals surface area contributed by atoms with Crippen molar-refractivity contribution in [3.05, 3.63) is 70.3 Å². The van der Waals surface area contributed by atoms with Crippen molar-refractivity contribution in [3.8, 4) is 5.75 Å². The zero-order valence-electron chi connectivity index (χ0n) is 17.9. The van der Waals surface area contributed by atoms with Gasteiger partial charge in [0.2, 0.25) is 5.56 Å². The van der Waals surface area contributed by atoms with Crippen LogP contribution in [0.1, 0.15) is 12.8 Å². The van der Waals surface area contributed by atoms with Crippen LogP contribution in [-0.2, 0) is 0 Å². The molecule has 2 aromatic carbocycles. The number of aromatic nitrogens is 1. The molecule has 0 spiro atoms. The molecule has 7 heteroatoms. The Balaban J connectivity index is 1.08. The maximum atomic E-state index is 11.5. The third-order valence-corrected chi connectivity index (χ3v) is 6.66. The van der Waals surface area contributed by atoms with Crippen LogP contribution in [-0.4, -0.2) is 48.9 Å². The lowest BCUT2D eigenvalue weighted by Crippen LogP contribution is -2.31. The molecule has 32 heavy (non-hydrogen) atoms. The molecule has 1 aliphatic heterocycles. The fraction of sp³-hybridized carbons (Fsp3) is 0.280. The van der Waals surface area contributed by atoms with Crippen molar-refractivity contribution in [2.75, 3.05) is 37.8 Å². The van der Waals surface area contributed by atoms with Gasteiger partial charge in [0.1, 0.15) is 5.75 Å². The maximum Gasteiger partial charge on any atom is 0.248 e. The van der Waals surface area contributed by atoms with Gasteiger partial charge in [-0.1, -0.05) is 6.07 Å². The second-order valence-corrected chi connectivity index (χ2v) is 8.91. The Labute approximate surface area is 190 Å². The summed E-state index contributed by atoms with van der Waals surface area (Å²) in [6.07, 6.45) is 4.07. The number of hydrazone groups is 1. The lowest BCUT2D eigenvalue weighted by atomic mass is 10.2. The number of thiophene rings is 1. The highest BCUT2D eigenvalue weighted by molar-refractivity contribution is 7.17. The highest BCUT2D eigenvalue weighted by Gasteiger charge is 2.14. The molecule has 164 valence electrons. The van der Waals surface area contributed by atoms with Crippen LogP contribution < -0.4 is 15.3 Å².